The highest BCUT2D eigenvalue weighted by molar-refractivity contribution is 14.1. The molecule has 2 atom stereocenters. The third-order valence-corrected chi connectivity index (χ3v) is 6.04. The minimum absolute atomic E-state index is 0.0489. The van der Waals surface area contributed by atoms with Crippen molar-refractivity contribution in [2.45, 2.75) is 31.6 Å². The summed E-state index contributed by atoms with van der Waals surface area (Å²) in [6.45, 7) is 1.56. The Morgan fingerprint density at radius 1 is 0.808 bits per heavy atom. The first-order chi connectivity index (χ1) is 12.0. The minimum Gasteiger partial charge on any atom is -0.206 e. The Balaban J connectivity index is 1.81. The van der Waals surface area contributed by atoms with Crippen LogP contribution < -0.4 is 0 Å². The zero-order valence-corrected chi connectivity index (χ0v) is 15.7. The number of fused-ring (bicyclic) bond motifs is 2. The summed E-state index contributed by atoms with van der Waals surface area (Å²) >= 11 is 1.80. The van der Waals surface area contributed by atoms with E-state index in [4.69, 9.17) is 0 Å². The van der Waals surface area contributed by atoms with Crippen molar-refractivity contribution in [3.8, 4) is 0 Å². The molecule has 26 heavy (non-hydrogen) atoms. The van der Waals surface area contributed by atoms with Gasteiger partial charge in [0.05, 0.1) is 11.1 Å². The Morgan fingerprint density at radius 2 is 1.27 bits per heavy atom. The maximum Gasteiger partial charge on any atom is 0.279 e. The van der Waals surface area contributed by atoms with Gasteiger partial charge in [0.1, 0.15) is 11.6 Å². The highest BCUT2D eigenvalue weighted by Gasteiger charge is 2.62. The molecule has 2 unspecified atom stereocenters. The van der Waals surface area contributed by atoms with Crippen molar-refractivity contribution in [2.75, 3.05) is 0 Å². The van der Waals surface area contributed by atoms with Crippen molar-refractivity contribution in [3.63, 3.8) is 0 Å². The molecule has 0 nitrogen and oxygen atoms in total. The number of hydrogen-bond acceptors (Lipinski definition) is 0. The first-order valence-electron chi connectivity index (χ1n) is 8.07. The van der Waals surface area contributed by atoms with Crippen LogP contribution in [0.2, 0.25) is 0 Å². The quantitative estimate of drug-likeness (QED) is 0.340. The monoisotopic (exact) mass is 482 g/mol. The van der Waals surface area contributed by atoms with Crippen LogP contribution in [0.25, 0.3) is 0 Å². The molecule has 0 aromatic heterocycles. The van der Waals surface area contributed by atoms with Crippen molar-refractivity contribution in [2.24, 2.45) is 11.8 Å². The second kappa shape index (κ2) is 5.62. The number of benzene rings is 2. The van der Waals surface area contributed by atoms with E-state index in [1.807, 2.05) is 0 Å². The van der Waals surface area contributed by atoms with E-state index in [1.54, 1.807) is 29.5 Å². The van der Waals surface area contributed by atoms with Gasteiger partial charge in [-0.1, -0.05) is 6.07 Å². The van der Waals surface area contributed by atoms with Gasteiger partial charge >= 0.3 is 0 Å². The van der Waals surface area contributed by atoms with E-state index in [-0.39, 0.29) is 24.0 Å². The molecule has 0 radical (unpaired) electrons. The lowest BCUT2D eigenvalue weighted by Gasteiger charge is -2.30. The van der Waals surface area contributed by atoms with Gasteiger partial charge < -0.3 is 0 Å². The first-order valence-corrected chi connectivity index (χ1v) is 9.15. The molecule has 0 aliphatic heterocycles. The van der Waals surface area contributed by atoms with Crippen LogP contribution in [0.5, 0.6) is 0 Å². The molecule has 2 aliphatic carbocycles. The highest BCUT2D eigenvalue weighted by atomic mass is 127. The van der Waals surface area contributed by atoms with E-state index in [1.165, 1.54) is 12.1 Å². The summed E-state index contributed by atoms with van der Waals surface area (Å²) in [6, 6.07) is 4.77. The Bertz CT molecular complexity index is 845. The first kappa shape index (κ1) is 18.1. The molecular formula is C19H13F6I. The lowest BCUT2D eigenvalue weighted by atomic mass is 9.83. The van der Waals surface area contributed by atoms with E-state index in [0.29, 0.717) is 9.13 Å². The standard InChI is InChI=1S/C19H13F6I/c1-8-2-9-5-12(18(22,23)16(9)14(20)3-8)13-6-10-4-11(26)7-15(21)17(10)19(13,24)25/h2-4,7,12-13H,5-6H2,1H3. The maximum absolute atomic E-state index is 14.9. The van der Waals surface area contributed by atoms with E-state index in [2.05, 4.69) is 0 Å². The van der Waals surface area contributed by atoms with Crippen LogP contribution >= 0.6 is 22.6 Å². The van der Waals surface area contributed by atoms with Gasteiger partial charge in [-0.05, 0) is 77.2 Å². The summed E-state index contributed by atoms with van der Waals surface area (Å²) < 4.78 is 88.4. The van der Waals surface area contributed by atoms with Crippen molar-refractivity contribution in [1.29, 1.82) is 0 Å². The van der Waals surface area contributed by atoms with Crippen molar-refractivity contribution in [1.82, 2.24) is 0 Å². The lowest BCUT2D eigenvalue weighted by Crippen LogP contribution is -2.36. The molecule has 0 fully saturated rings. The number of hydrogen-bond donors (Lipinski definition) is 0. The number of aryl methyl sites for hydroxylation is 1. The average Bonchev–Trinajstić information content (AvgIpc) is 2.88. The molecule has 7 heteroatoms. The SMILES string of the molecule is Cc1cc(F)c2c(c1)CC(C1Cc3cc(I)cc(F)c3C1(F)F)C2(F)F. The van der Waals surface area contributed by atoms with Crippen molar-refractivity contribution in [3.05, 3.63) is 67.3 Å². The van der Waals surface area contributed by atoms with E-state index in [9.17, 15) is 26.3 Å². The van der Waals surface area contributed by atoms with E-state index < -0.39 is 46.4 Å². The van der Waals surface area contributed by atoms with Gasteiger partial charge in [0.15, 0.2) is 0 Å². The van der Waals surface area contributed by atoms with Gasteiger partial charge in [0.2, 0.25) is 0 Å². The number of alkyl halides is 4. The van der Waals surface area contributed by atoms with Crippen LogP contribution in [0, 0.1) is 34.0 Å². The fourth-order valence-electron chi connectivity index (χ4n) is 4.40. The third-order valence-electron chi connectivity index (χ3n) is 5.42. The summed E-state index contributed by atoms with van der Waals surface area (Å²) in [4.78, 5) is 0. The Kier molecular flexibility index (Phi) is 3.92. The summed E-state index contributed by atoms with van der Waals surface area (Å²) in [5, 5.41) is 0. The predicted octanol–water partition coefficient (Wildman–Crippen LogP) is 6.11. The van der Waals surface area contributed by atoms with Gasteiger partial charge in [-0.2, -0.15) is 0 Å². The normalized spacial score (nSPS) is 25.2. The molecule has 138 valence electrons. The molecule has 2 aromatic carbocycles. The molecule has 0 spiro atoms. The molecular weight excluding hydrogens is 469 g/mol. The molecule has 0 saturated heterocycles. The summed E-state index contributed by atoms with van der Waals surface area (Å²) in [5.41, 5.74) is -1.03. The second-order valence-corrected chi connectivity index (χ2v) is 8.32. The molecule has 0 amide bonds. The molecule has 2 aliphatic rings. The van der Waals surface area contributed by atoms with Crippen molar-refractivity contribution < 1.29 is 26.3 Å². The summed E-state index contributed by atoms with van der Waals surface area (Å²) in [6.07, 6.45) is -0.709. The Labute approximate surface area is 159 Å². The van der Waals surface area contributed by atoms with E-state index >= 15 is 0 Å². The highest BCUT2D eigenvalue weighted by Crippen LogP contribution is 2.59. The van der Waals surface area contributed by atoms with Gasteiger partial charge in [-0.25, -0.2) is 26.3 Å². The Hall–Kier alpha value is -1.25. The van der Waals surface area contributed by atoms with Gasteiger partial charge in [-0.15, -0.1) is 0 Å². The van der Waals surface area contributed by atoms with Crippen LogP contribution in [0.15, 0.2) is 24.3 Å². The van der Waals surface area contributed by atoms with Crippen LogP contribution in [0.3, 0.4) is 0 Å². The van der Waals surface area contributed by atoms with Gasteiger partial charge in [-0.3, -0.25) is 0 Å². The van der Waals surface area contributed by atoms with Crippen LogP contribution in [-0.4, -0.2) is 0 Å². The van der Waals surface area contributed by atoms with E-state index in [0.717, 1.165) is 12.1 Å². The average molecular weight is 482 g/mol. The molecule has 0 heterocycles. The summed E-state index contributed by atoms with van der Waals surface area (Å²) in [7, 11) is 0. The zero-order chi connectivity index (χ0) is 19.0. The zero-order valence-electron chi connectivity index (χ0n) is 13.5. The molecule has 4 rings (SSSR count). The summed E-state index contributed by atoms with van der Waals surface area (Å²) in [5.74, 6) is -13.2. The van der Waals surface area contributed by atoms with Crippen LogP contribution in [0.1, 0.15) is 27.8 Å². The largest absolute Gasteiger partial charge is 0.279 e. The smallest absolute Gasteiger partial charge is 0.206 e. The molecule has 0 bridgehead atoms. The van der Waals surface area contributed by atoms with Gasteiger partial charge in [0, 0.05) is 15.4 Å². The third kappa shape index (κ3) is 2.42. The van der Waals surface area contributed by atoms with Crippen molar-refractivity contribution >= 4 is 22.6 Å². The van der Waals surface area contributed by atoms with Crippen LogP contribution in [-0.2, 0) is 24.7 Å². The number of halogens is 7. The van der Waals surface area contributed by atoms with Gasteiger partial charge in [0.25, 0.3) is 11.8 Å². The number of rotatable bonds is 1. The molecule has 0 saturated carbocycles. The predicted molar refractivity (Wildman–Crippen MR) is 92.4 cm³/mol. The second-order valence-electron chi connectivity index (χ2n) is 7.07. The fourth-order valence-corrected chi connectivity index (χ4v) is 5.05. The lowest BCUT2D eigenvalue weighted by molar-refractivity contribution is -0.146. The molecule has 2 aromatic rings. The molecule has 0 N–H and O–H groups in total. The fraction of sp³-hybridized carbons (Fsp3) is 0.368. The minimum atomic E-state index is -3.73. The maximum atomic E-state index is 14.9. The topological polar surface area (TPSA) is 0 Å². The Morgan fingerprint density at radius 3 is 1.81 bits per heavy atom. The van der Waals surface area contributed by atoms with Crippen LogP contribution in [0.4, 0.5) is 26.3 Å².